The number of carbonyl (C=O) groups excluding carboxylic acids is 1. The molecular weight excluding hydrogens is 268 g/mol. The van der Waals surface area contributed by atoms with Crippen LogP contribution in [0.3, 0.4) is 0 Å². The molecule has 2 saturated carbocycles. The first kappa shape index (κ1) is 12.5. The minimum absolute atomic E-state index is 0.0133. The molecule has 6 atom stereocenters. The molecule has 104 valence electrons. The molecule has 0 radical (unpaired) electrons. The van der Waals surface area contributed by atoms with Crippen molar-refractivity contribution in [1.82, 2.24) is 0 Å². The van der Waals surface area contributed by atoms with Crippen molar-refractivity contribution in [3.8, 4) is 0 Å². The number of hydrogen-bond donors (Lipinski definition) is 0. The third-order valence-corrected chi connectivity index (χ3v) is 6.64. The molecule has 0 aromatic heterocycles. The number of carbonyl (C=O) groups is 1. The summed E-state index contributed by atoms with van der Waals surface area (Å²) in [5.41, 5.74) is 0. The Balaban J connectivity index is 1.60. The molecule has 2 fully saturated rings. The highest BCUT2D eigenvalue weighted by Crippen LogP contribution is 2.65. The Labute approximate surface area is 123 Å². The first-order valence-corrected chi connectivity index (χ1v) is 8.15. The number of allylic oxidation sites excluding steroid dienone is 2. The number of rotatable bonds is 3. The van der Waals surface area contributed by atoms with Gasteiger partial charge in [-0.15, -0.1) is 11.8 Å². The van der Waals surface area contributed by atoms with Crippen LogP contribution in [0.5, 0.6) is 0 Å². The van der Waals surface area contributed by atoms with Crippen LogP contribution in [-0.2, 0) is 9.53 Å². The van der Waals surface area contributed by atoms with E-state index in [0.717, 1.165) is 0 Å². The second kappa shape index (κ2) is 4.66. The summed E-state index contributed by atoms with van der Waals surface area (Å²) in [5.74, 6) is 2.56. The van der Waals surface area contributed by atoms with Crippen molar-refractivity contribution in [2.45, 2.75) is 16.6 Å². The zero-order chi connectivity index (χ0) is 13.7. The van der Waals surface area contributed by atoms with Gasteiger partial charge in [-0.25, -0.2) is 0 Å². The standard InChI is InChI=1S/C17H18O2S/c1-19-17(18)15-13-10-7-8-11(9-10)14(13)16(15)20-12-5-3-2-4-6-12/h2-8,10-11,13-16H,9H2,1H3/t10-,11+,13-,14+,15?,16?/m0/s1. The normalized spacial score (nSPS) is 40.2. The maximum absolute atomic E-state index is 12.2. The van der Waals surface area contributed by atoms with Gasteiger partial charge in [-0.3, -0.25) is 4.79 Å². The fourth-order valence-corrected chi connectivity index (χ4v) is 6.02. The van der Waals surface area contributed by atoms with E-state index < -0.39 is 0 Å². The molecule has 3 aliphatic rings. The van der Waals surface area contributed by atoms with E-state index in [-0.39, 0.29) is 11.9 Å². The Hall–Kier alpha value is -1.22. The van der Waals surface area contributed by atoms with E-state index in [0.29, 0.717) is 28.9 Å². The summed E-state index contributed by atoms with van der Waals surface area (Å²) >= 11 is 1.86. The third-order valence-electron chi connectivity index (χ3n) is 5.22. The quantitative estimate of drug-likeness (QED) is 0.629. The van der Waals surface area contributed by atoms with Gasteiger partial charge in [-0.2, -0.15) is 0 Å². The zero-order valence-electron chi connectivity index (χ0n) is 11.4. The molecule has 1 aromatic carbocycles. The summed E-state index contributed by atoms with van der Waals surface area (Å²) in [6, 6.07) is 10.4. The molecule has 0 spiro atoms. The Morgan fingerprint density at radius 3 is 2.55 bits per heavy atom. The van der Waals surface area contributed by atoms with Crippen molar-refractivity contribution in [3.63, 3.8) is 0 Å². The largest absolute Gasteiger partial charge is 0.469 e. The van der Waals surface area contributed by atoms with E-state index in [1.165, 1.54) is 18.4 Å². The predicted octanol–water partition coefficient (Wildman–Crippen LogP) is 3.39. The first-order valence-electron chi connectivity index (χ1n) is 7.27. The van der Waals surface area contributed by atoms with Crippen LogP contribution in [0.1, 0.15) is 6.42 Å². The predicted molar refractivity (Wildman–Crippen MR) is 79.3 cm³/mol. The smallest absolute Gasteiger partial charge is 0.310 e. The van der Waals surface area contributed by atoms with Crippen LogP contribution in [0.15, 0.2) is 47.4 Å². The SMILES string of the molecule is COC(=O)C1C(Sc2ccccc2)[C@H]2[C@@H]1[C@H]1C=C[C@@H]2C1. The minimum Gasteiger partial charge on any atom is -0.469 e. The number of esters is 1. The monoisotopic (exact) mass is 286 g/mol. The Morgan fingerprint density at radius 1 is 1.15 bits per heavy atom. The maximum Gasteiger partial charge on any atom is 0.310 e. The number of ether oxygens (including phenoxy) is 1. The lowest BCUT2D eigenvalue weighted by molar-refractivity contribution is -0.154. The van der Waals surface area contributed by atoms with Crippen molar-refractivity contribution in [2.24, 2.45) is 29.6 Å². The van der Waals surface area contributed by atoms with Crippen LogP contribution < -0.4 is 0 Å². The van der Waals surface area contributed by atoms with E-state index in [1.54, 1.807) is 0 Å². The summed E-state index contributed by atoms with van der Waals surface area (Å²) in [5, 5.41) is 0.384. The number of benzene rings is 1. The molecule has 2 unspecified atom stereocenters. The van der Waals surface area contributed by atoms with Gasteiger partial charge in [0.1, 0.15) is 0 Å². The van der Waals surface area contributed by atoms with Crippen LogP contribution in [0.2, 0.25) is 0 Å². The van der Waals surface area contributed by atoms with Gasteiger partial charge in [-0.05, 0) is 42.2 Å². The molecule has 3 heteroatoms. The van der Waals surface area contributed by atoms with Crippen LogP contribution in [0.4, 0.5) is 0 Å². The molecule has 0 aliphatic heterocycles. The fourth-order valence-electron chi connectivity index (χ4n) is 4.42. The molecule has 0 N–H and O–H groups in total. The fraction of sp³-hybridized carbons (Fsp3) is 0.471. The van der Waals surface area contributed by atoms with E-state index >= 15 is 0 Å². The van der Waals surface area contributed by atoms with Gasteiger partial charge in [0, 0.05) is 10.1 Å². The molecule has 4 rings (SSSR count). The lowest BCUT2D eigenvalue weighted by Gasteiger charge is -2.51. The molecule has 0 heterocycles. The Morgan fingerprint density at radius 2 is 1.85 bits per heavy atom. The summed E-state index contributed by atoms with van der Waals surface area (Å²) in [6.45, 7) is 0. The molecular formula is C17H18O2S. The van der Waals surface area contributed by atoms with Crippen LogP contribution in [-0.4, -0.2) is 18.3 Å². The van der Waals surface area contributed by atoms with E-state index in [1.807, 2.05) is 17.8 Å². The number of fused-ring (bicyclic) bond motifs is 5. The summed E-state index contributed by atoms with van der Waals surface area (Å²) in [7, 11) is 1.52. The topological polar surface area (TPSA) is 26.3 Å². The summed E-state index contributed by atoms with van der Waals surface area (Å²) in [6.07, 6.45) is 5.94. The van der Waals surface area contributed by atoms with Crippen molar-refractivity contribution in [3.05, 3.63) is 42.5 Å². The minimum atomic E-state index is -0.0133. The molecule has 20 heavy (non-hydrogen) atoms. The van der Waals surface area contributed by atoms with Gasteiger partial charge >= 0.3 is 5.97 Å². The molecule has 3 aliphatic carbocycles. The zero-order valence-corrected chi connectivity index (χ0v) is 12.3. The molecule has 2 bridgehead atoms. The molecule has 1 aromatic rings. The highest BCUT2D eigenvalue weighted by molar-refractivity contribution is 8.00. The van der Waals surface area contributed by atoms with Gasteiger partial charge in [0.15, 0.2) is 0 Å². The average Bonchev–Trinajstić information content (AvgIpc) is 3.03. The van der Waals surface area contributed by atoms with Crippen molar-refractivity contribution in [2.75, 3.05) is 7.11 Å². The van der Waals surface area contributed by atoms with Gasteiger partial charge in [0.05, 0.1) is 13.0 Å². The van der Waals surface area contributed by atoms with Gasteiger partial charge in [-0.1, -0.05) is 30.4 Å². The lowest BCUT2D eigenvalue weighted by Crippen LogP contribution is -2.55. The van der Waals surface area contributed by atoms with Crippen LogP contribution in [0.25, 0.3) is 0 Å². The van der Waals surface area contributed by atoms with Crippen molar-refractivity contribution >= 4 is 17.7 Å². The molecule has 2 nitrogen and oxygen atoms in total. The van der Waals surface area contributed by atoms with E-state index in [2.05, 4.69) is 36.4 Å². The summed E-state index contributed by atoms with van der Waals surface area (Å²) < 4.78 is 5.06. The van der Waals surface area contributed by atoms with Gasteiger partial charge in [0.2, 0.25) is 0 Å². The highest BCUT2D eigenvalue weighted by Gasteiger charge is 2.64. The molecule has 0 amide bonds. The number of thioether (sulfide) groups is 1. The Kier molecular flexibility index (Phi) is 2.92. The van der Waals surface area contributed by atoms with Crippen molar-refractivity contribution < 1.29 is 9.53 Å². The Bertz CT molecular complexity index is 553. The third kappa shape index (κ3) is 1.69. The lowest BCUT2D eigenvalue weighted by atomic mass is 9.60. The second-order valence-electron chi connectivity index (χ2n) is 6.05. The van der Waals surface area contributed by atoms with Gasteiger partial charge < -0.3 is 4.74 Å². The average molecular weight is 286 g/mol. The number of methoxy groups -OCH3 is 1. The number of hydrogen-bond acceptors (Lipinski definition) is 3. The van der Waals surface area contributed by atoms with Gasteiger partial charge in [0.25, 0.3) is 0 Å². The first-order chi connectivity index (χ1) is 9.79. The highest BCUT2D eigenvalue weighted by atomic mass is 32.2. The van der Waals surface area contributed by atoms with E-state index in [4.69, 9.17) is 4.74 Å². The van der Waals surface area contributed by atoms with Crippen LogP contribution >= 0.6 is 11.8 Å². The van der Waals surface area contributed by atoms with Crippen molar-refractivity contribution in [1.29, 1.82) is 0 Å². The maximum atomic E-state index is 12.2. The summed E-state index contributed by atoms with van der Waals surface area (Å²) in [4.78, 5) is 13.4. The second-order valence-corrected chi connectivity index (χ2v) is 7.30. The molecule has 0 saturated heterocycles. The van der Waals surface area contributed by atoms with Crippen LogP contribution in [0, 0.1) is 29.6 Å². The van der Waals surface area contributed by atoms with E-state index in [9.17, 15) is 4.79 Å².